The molecule has 0 spiro atoms. The maximum absolute atomic E-state index is 6.17. The lowest BCUT2D eigenvalue weighted by Crippen LogP contribution is -2.19. The van der Waals surface area contributed by atoms with Gasteiger partial charge in [0.1, 0.15) is 5.82 Å². The highest BCUT2D eigenvalue weighted by Gasteiger charge is 2.18. The normalized spacial score (nSPS) is 12.9. The van der Waals surface area contributed by atoms with Crippen LogP contribution in [0.2, 0.25) is 5.02 Å². The predicted octanol–water partition coefficient (Wildman–Crippen LogP) is 3.43. The quantitative estimate of drug-likeness (QED) is 0.888. The van der Waals surface area contributed by atoms with Gasteiger partial charge in [-0.3, -0.25) is 0 Å². The van der Waals surface area contributed by atoms with Crippen LogP contribution < -0.4 is 5.73 Å². The molecule has 1 atom stereocenters. The zero-order chi connectivity index (χ0) is 13.1. The molecular weight excluding hydrogens is 246 g/mol. The second-order valence-corrected chi connectivity index (χ2v) is 5.16. The molecule has 3 N–H and O–H groups in total. The highest BCUT2D eigenvalue weighted by molar-refractivity contribution is 6.33. The summed E-state index contributed by atoms with van der Waals surface area (Å²) in [5.74, 6) is 1.64. The van der Waals surface area contributed by atoms with Gasteiger partial charge in [-0.15, -0.1) is 0 Å². The van der Waals surface area contributed by atoms with Crippen LogP contribution in [-0.2, 0) is 0 Å². The second-order valence-electron chi connectivity index (χ2n) is 4.75. The molecule has 0 aliphatic rings. The van der Waals surface area contributed by atoms with E-state index in [0.717, 1.165) is 22.1 Å². The lowest BCUT2D eigenvalue weighted by Gasteiger charge is -2.15. The van der Waals surface area contributed by atoms with E-state index in [1.54, 1.807) is 0 Å². The van der Waals surface area contributed by atoms with Crippen LogP contribution in [0.15, 0.2) is 30.5 Å². The largest absolute Gasteiger partial charge is 0.342 e. The summed E-state index contributed by atoms with van der Waals surface area (Å²) < 4.78 is 0. The smallest absolute Gasteiger partial charge is 0.111 e. The molecule has 2 rings (SSSR count). The molecule has 3 nitrogen and oxygen atoms in total. The SMILES string of the molecule is CC(C)C(CN)c1ncc(-c2ccccc2Cl)[nH]1. The van der Waals surface area contributed by atoms with Crippen LogP contribution in [0, 0.1) is 5.92 Å². The van der Waals surface area contributed by atoms with Crippen molar-refractivity contribution in [1.82, 2.24) is 9.97 Å². The van der Waals surface area contributed by atoms with Gasteiger partial charge in [0.15, 0.2) is 0 Å². The molecule has 2 aromatic rings. The Labute approximate surface area is 112 Å². The van der Waals surface area contributed by atoms with Crippen molar-refractivity contribution in [3.63, 3.8) is 0 Å². The molecule has 1 aromatic carbocycles. The van der Waals surface area contributed by atoms with E-state index < -0.39 is 0 Å². The number of imidazole rings is 1. The fraction of sp³-hybridized carbons (Fsp3) is 0.357. The number of halogens is 1. The molecule has 0 aliphatic heterocycles. The molecule has 96 valence electrons. The maximum Gasteiger partial charge on any atom is 0.111 e. The van der Waals surface area contributed by atoms with E-state index in [0.29, 0.717) is 12.5 Å². The van der Waals surface area contributed by atoms with E-state index >= 15 is 0 Å². The molecule has 0 saturated heterocycles. The van der Waals surface area contributed by atoms with Crippen LogP contribution >= 0.6 is 11.6 Å². The van der Waals surface area contributed by atoms with Gasteiger partial charge in [0, 0.05) is 23.0 Å². The van der Waals surface area contributed by atoms with Gasteiger partial charge in [0.05, 0.1) is 11.9 Å². The third-order valence-corrected chi connectivity index (χ3v) is 3.50. The van der Waals surface area contributed by atoms with Crippen LogP contribution in [0.25, 0.3) is 11.3 Å². The third kappa shape index (κ3) is 2.57. The molecule has 1 heterocycles. The van der Waals surface area contributed by atoms with E-state index in [9.17, 15) is 0 Å². The van der Waals surface area contributed by atoms with Crippen molar-refractivity contribution in [2.45, 2.75) is 19.8 Å². The first-order chi connectivity index (χ1) is 8.63. The van der Waals surface area contributed by atoms with Gasteiger partial charge in [0.2, 0.25) is 0 Å². The number of rotatable bonds is 4. The van der Waals surface area contributed by atoms with Crippen molar-refractivity contribution in [2.75, 3.05) is 6.54 Å². The molecule has 18 heavy (non-hydrogen) atoms. The first-order valence-electron chi connectivity index (χ1n) is 6.13. The molecule has 1 aromatic heterocycles. The van der Waals surface area contributed by atoms with Gasteiger partial charge >= 0.3 is 0 Å². The molecular formula is C14H18ClN3. The third-order valence-electron chi connectivity index (χ3n) is 3.17. The van der Waals surface area contributed by atoms with Crippen LogP contribution in [0.3, 0.4) is 0 Å². The summed E-state index contributed by atoms with van der Waals surface area (Å²) in [4.78, 5) is 7.76. The Kier molecular flexibility index (Phi) is 4.04. The summed E-state index contributed by atoms with van der Waals surface area (Å²) in [6.45, 7) is 4.89. The molecule has 0 radical (unpaired) electrons. The number of H-pyrrole nitrogens is 1. The van der Waals surface area contributed by atoms with Gasteiger partial charge in [-0.05, 0) is 12.0 Å². The van der Waals surface area contributed by atoms with Gasteiger partial charge in [-0.2, -0.15) is 0 Å². The zero-order valence-electron chi connectivity index (χ0n) is 10.7. The van der Waals surface area contributed by atoms with E-state index in [-0.39, 0.29) is 5.92 Å². The standard InChI is InChI=1S/C14H18ClN3/c1-9(2)11(7-16)14-17-8-13(18-14)10-5-3-4-6-12(10)15/h3-6,8-9,11H,7,16H2,1-2H3,(H,17,18). The Bertz CT molecular complexity index is 519. The summed E-state index contributed by atoms with van der Waals surface area (Å²) in [6.07, 6.45) is 1.82. The number of benzene rings is 1. The second kappa shape index (κ2) is 5.55. The topological polar surface area (TPSA) is 54.7 Å². The maximum atomic E-state index is 6.17. The molecule has 0 fully saturated rings. The van der Waals surface area contributed by atoms with Crippen molar-refractivity contribution < 1.29 is 0 Å². The van der Waals surface area contributed by atoms with Crippen molar-refractivity contribution in [3.8, 4) is 11.3 Å². The molecule has 0 amide bonds. The monoisotopic (exact) mass is 263 g/mol. The fourth-order valence-electron chi connectivity index (χ4n) is 2.04. The van der Waals surface area contributed by atoms with E-state index in [1.807, 2.05) is 30.5 Å². The van der Waals surface area contributed by atoms with Gasteiger partial charge in [-0.1, -0.05) is 43.6 Å². The van der Waals surface area contributed by atoms with E-state index in [4.69, 9.17) is 17.3 Å². The molecule has 0 saturated carbocycles. The predicted molar refractivity (Wildman–Crippen MR) is 75.7 cm³/mol. The van der Waals surface area contributed by atoms with Crippen LogP contribution in [-0.4, -0.2) is 16.5 Å². The zero-order valence-corrected chi connectivity index (χ0v) is 11.4. The lowest BCUT2D eigenvalue weighted by atomic mass is 9.95. The van der Waals surface area contributed by atoms with Crippen molar-refractivity contribution >= 4 is 11.6 Å². The van der Waals surface area contributed by atoms with Crippen molar-refractivity contribution in [2.24, 2.45) is 11.7 Å². The van der Waals surface area contributed by atoms with Gasteiger partial charge in [0.25, 0.3) is 0 Å². The highest BCUT2D eigenvalue weighted by atomic mass is 35.5. The van der Waals surface area contributed by atoms with Crippen LogP contribution in [0.4, 0.5) is 0 Å². The highest BCUT2D eigenvalue weighted by Crippen LogP contribution is 2.28. The lowest BCUT2D eigenvalue weighted by molar-refractivity contribution is 0.487. The minimum atomic E-state index is 0.251. The average Bonchev–Trinajstić information content (AvgIpc) is 2.79. The van der Waals surface area contributed by atoms with E-state index in [2.05, 4.69) is 23.8 Å². The first-order valence-corrected chi connectivity index (χ1v) is 6.51. The number of nitrogens with zero attached hydrogens (tertiary/aromatic N) is 1. The Balaban J connectivity index is 2.34. The Morgan fingerprint density at radius 1 is 1.33 bits per heavy atom. The minimum absolute atomic E-state index is 0.251. The Morgan fingerprint density at radius 2 is 2.06 bits per heavy atom. The summed E-state index contributed by atoms with van der Waals surface area (Å²) in [6, 6.07) is 7.73. The summed E-state index contributed by atoms with van der Waals surface area (Å²) in [7, 11) is 0. The molecule has 0 aliphatic carbocycles. The van der Waals surface area contributed by atoms with Gasteiger partial charge < -0.3 is 10.7 Å². The number of nitrogens with two attached hydrogens (primary N) is 1. The number of hydrogen-bond acceptors (Lipinski definition) is 2. The van der Waals surface area contributed by atoms with Gasteiger partial charge in [-0.25, -0.2) is 4.98 Å². The summed E-state index contributed by atoms with van der Waals surface area (Å²) in [5, 5.41) is 0.724. The minimum Gasteiger partial charge on any atom is -0.342 e. The summed E-state index contributed by atoms with van der Waals surface area (Å²) >= 11 is 6.17. The number of aromatic amines is 1. The van der Waals surface area contributed by atoms with Crippen molar-refractivity contribution in [1.29, 1.82) is 0 Å². The number of nitrogens with one attached hydrogen (secondary N) is 1. The molecule has 4 heteroatoms. The average molecular weight is 264 g/mol. The fourth-order valence-corrected chi connectivity index (χ4v) is 2.28. The molecule has 0 bridgehead atoms. The number of hydrogen-bond donors (Lipinski definition) is 2. The van der Waals surface area contributed by atoms with Crippen LogP contribution in [0.5, 0.6) is 0 Å². The van der Waals surface area contributed by atoms with E-state index in [1.165, 1.54) is 0 Å². The van der Waals surface area contributed by atoms with Crippen LogP contribution in [0.1, 0.15) is 25.6 Å². The van der Waals surface area contributed by atoms with Crippen molar-refractivity contribution in [3.05, 3.63) is 41.3 Å². The summed E-state index contributed by atoms with van der Waals surface area (Å²) in [5.41, 5.74) is 7.71. The Morgan fingerprint density at radius 3 is 2.67 bits per heavy atom. The Hall–Kier alpha value is -1.32. The number of aromatic nitrogens is 2. The molecule has 1 unspecified atom stereocenters. The first kappa shape index (κ1) is 13.1.